The van der Waals surface area contributed by atoms with Gasteiger partial charge in [-0.25, -0.2) is 0 Å². The van der Waals surface area contributed by atoms with Crippen LogP contribution in [0.1, 0.15) is 49.0 Å². The number of hydrogen-bond donors (Lipinski definition) is 1. The number of carbonyl (C=O) groups excluding carboxylic acids is 3. The Morgan fingerprint density at radius 3 is 2.59 bits per heavy atom. The number of rotatable bonds is 9. The van der Waals surface area contributed by atoms with E-state index in [4.69, 9.17) is 20.7 Å². The van der Waals surface area contributed by atoms with Crippen LogP contribution in [-0.4, -0.2) is 105 Å². The molecule has 0 radical (unpaired) electrons. The summed E-state index contributed by atoms with van der Waals surface area (Å²) in [5.41, 5.74) is 16.3. The first-order valence-electron chi connectivity index (χ1n) is 13.4. The summed E-state index contributed by atoms with van der Waals surface area (Å²) in [7, 11) is 1.70. The van der Waals surface area contributed by atoms with Gasteiger partial charge in [-0.2, -0.15) is 0 Å². The van der Waals surface area contributed by atoms with E-state index in [-0.39, 0.29) is 35.8 Å². The molecule has 12 heteroatoms. The number of piperazine rings is 1. The first kappa shape index (κ1) is 28.8. The summed E-state index contributed by atoms with van der Waals surface area (Å²) in [6.45, 7) is 10.9. The second kappa shape index (κ2) is 11.9. The Morgan fingerprint density at radius 2 is 1.97 bits per heavy atom. The van der Waals surface area contributed by atoms with Crippen molar-refractivity contribution < 1.29 is 23.9 Å². The zero-order valence-corrected chi connectivity index (χ0v) is 23.2. The van der Waals surface area contributed by atoms with Gasteiger partial charge in [0.2, 0.25) is 11.8 Å². The Hall–Kier alpha value is -3.18. The number of primary amides is 1. The molecular weight excluding hydrogens is 502 g/mol. The number of likely N-dealkylation sites (tertiary alicyclic amines) is 1. The monoisotopic (exact) mass is 541 g/mol. The van der Waals surface area contributed by atoms with Gasteiger partial charge in [0.1, 0.15) is 12.6 Å². The number of benzene rings is 1. The van der Waals surface area contributed by atoms with Crippen LogP contribution in [0.25, 0.3) is 10.4 Å². The molecule has 0 saturated carbocycles. The van der Waals surface area contributed by atoms with Crippen molar-refractivity contribution in [3.8, 4) is 0 Å². The quantitative estimate of drug-likeness (QED) is 0.285. The highest BCUT2D eigenvalue weighted by atomic mass is 16.5. The number of amides is 2. The number of anilines is 1. The highest BCUT2D eigenvalue weighted by molar-refractivity contribution is 5.99. The number of ether oxygens (including phenoxy) is 2. The van der Waals surface area contributed by atoms with Gasteiger partial charge in [-0.1, -0.05) is 25.9 Å². The van der Waals surface area contributed by atoms with Crippen molar-refractivity contribution in [2.45, 2.75) is 51.3 Å². The average Bonchev–Trinajstić information content (AvgIpc) is 3.46. The van der Waals surface area contributed by atoms with Gasteiger partial charge >= 0.3 is 0 Å². The minimum atomic E-state index is -0.809. The topological polar surface area (TPSA) is 154 Å². The molecule has 0 unspecified atom stereocenters. The SMILES string of the molecule is COCCN1CCN(c2ccc(C(N)=O)c([C@H](CC(C)(C)C)C(=O)N3C[C@@H](N=[N+]=[N-])[C@H]4OCC(=O)[C@H]43)c2)CC1. The number of methoxy groups -OCH3 is 1. The summed E-state index contributed by atoms with van der Waals surface area (Å²) in [5, 5.41) is 3.80. The summed E-state index contributed by atoms with van der Waals surface area (Å²) in [6.07, 6.45) is -0.237. The van der Waals surface area contributed by atoms with Crippen LogP contribution in [-0.2, 0) is 19.1 Å². The van der Waals surface area contributed by atoms with E-state index in [1.54, 1.807) is 13.2 Å². The van der Waals surface area contributed by atoms with E-state index >= 15 is 0 Å². The van der Waals surface area contributed by atoms with Crippen molar-refractivity contribution in [2.24, 2.45) is 16.3 Å². The van der Waals surface area contributed by atoms with Crippen LogP contribution >= 0.6 is 0 Å². The number of ketones is 1. The lowest BCUT2D eigenvalue weighted by Gasteiger charge is -2.37. The Balaban J connectivity index is 1.68. The number of hydrogen-bond acceptors (Lipinski definition) is 8. The molecule has 4 rings (SSSR count). The molecule has 12 nitrogen and oxygen atoms in total. The lowest BCUT2D eigenvalue weighted by Crippen LogP contribution is -2.47. The number of nitrogens with zero attached hydrogens (tertiary/aromatic N) is 6. The number of Topliss-reactive ketones (excluding diaryl/α,β-unsaturated/α-hetero) is 1. The highest BCUT2D eigenvalue weighted by Gasteiger charge is 2.53. The van der Waals surface area contributed by atoms with Crippen molar-refractivity contribution in [2.75, 3.05) is 64.5 Å². The predicted molar refractivity (Wildman–Crippen MR) is 145 cm³/mol. The van der Waals surface area contributed by atoms with Crippen molar-refractivity contribution in [1.29, 1.82) is 0 Å². The lowest BCUT2D eigenvalue weighted by atomic mass is 9.79. The van der Waals surface area contributed by atoms with E-state index < -0.39 is 30.0 Å². The second-order valence-electron chi connectivity index (χ2n) is 11.7. The summed E-state index contributed by atoms with van der Waals surface area (Å²) in [5.74, 6) is -1.85. The van der Waals surface area contributed by atoms with E-state index in [1.165, 1.54) is 4.90 Å². The van der Waals surface area contributed by atoms with E-state index in [9.17, 15) is 14.4 Å². The van der Waals surface area contributed by atoms with Gasteiger partial charge in [0.05, 0.1) is 24.7 Å². The van der Waals surface area contributed by atoms with Gasteiger partial charge < -0.3 is 25.0 Å². The Morgan fingerprint density at radius 1 is 1.26 bits per heavy atom. The molecule has 0 aliphatic carbocycles. The summed E-state index contributed by atoms with van der Waals surface area (Å²) in [6, 6.07) is 4.03. The molecule has 0 bridgehead atoms. The molecule has 4 atom stereocenters. The maximum atomic E-state index is 14.3. The molecule has 1 aromatic carbocycles. The molecular formula is C27H39N7O5. The minimum Gasteiger partial charge on any atom is -0.383 e. The molecule has 3 saturated heterocycles. The number of nitrogens with two attached hydrogens (primary N) is 1. The van der Waals surface area contributed by atoms with Crippen LogP contribution in [0.2, 0.25) is 0 Å². The first-order valence-corrected chi connectivity index (χ1v) is 13.4. The van der Waals surface area contributed by atoms with E-state index in [0.717, 1.165) is 38.4 Å². The summed E-state index contributed by atoms with van der Waals surface area (Å²) in [4.78, 5) is 48.6. The third-order valence-corrected chi connectivity index (χ3v) is 7.78. The Labute approximate surface area is 229 Å². The fourth-order valence-electron chi connectivity index (χ4n) is 5.88. The number of azide groups is 1. The normalized spacial score (nSPS) is 24.4. The Bertz CT molecular complexity index is 1140. The molecule has 3 fully saturated rings. The van der Waals surface area contributed by atoms with Gasteiger partial charge in [-0.15, -0.1) is 0 Å². The van der Waals surface area contributed by atoms with Crippen LogP contribution in [0.5, 0.6) is 0 Å². The molecule has 1 aromatic rings. The molecule has 0 spiro atoms. The molecule has 3 aliphatic heterocycles. The second-order valence-corrected chi connectivity index (χ2v) is 11.7. The van der Waals surface area contributed by atoms with Gasteiger partial charge in [0, 0.05) is 62.5 Å². The molecule has 3 heterocycles. The highest BCUT2D eigenvalue weighted by Crippen LogP contribution is 2.39. The van der Waals surface area contributed by atoms with E-state index in [2.05, 4.69) is 19.8 Å². The van der Waals surface area contributed by atoms with Crippen LogP contribution in [0.3, 0.4) is 0 Å². The standard InChI is InChI=1S/C27H39N7O5/c1-27(2,3)14-20(26(37)34-15-21(30-31-29)24-23(34)22(35)16-39-24)19-13-17(5-6-18(19)25(28)36)33-9-7-32(8-10-33)11-12-38-4/h5-6,13,20-21,23-24H,7-12,14-16H2,1-4H3,(H2,28,36)/t20-,21+,23+,24+/m0/s1. The number of carbonyl (C=O) groups is 3. The maximum Gasteiger partial charge on any atom is 0.249 e. The van der Waals surface area contributed by atoms with Crippen molar-refractivity contribution in [1.82, 2.24) is 9.80 Å². The smallest absolute Gasteiger partial charge is 0.249 e. The van der Waals surface area contributed by atoms with Crippen molar-refractivity contribution >= 4 is 23.3 Å². The van der Waals surface area contributed by atoms with Gasteiger partial charge in [0.15, 0.2) is 5.78 Å². The fourth-order valence-corrected chi connectivity index (χ4v) is 5.88. The molecule has 3 aliphatic rings. The third-order valence-electron chi connectivity index (χ3n) is 7.78. The minimum absolute atomic E-state index is 0.0830. The van der Waals surface area contributed by atoms with Crippen LogP contribution < -0.4 is 10.6 Å². The summed E-state index contributed by atoms with van der Waals surface area (Å²) < 4.78 is 10.8. The Kier molecular flexibility index (Phi) is 8.80. The average molecular weight is 542 g/mol. The lowest BCUT2D eigenvalue weighted by molar-refractivity contribution is -0.138. The van der Waals surface area contributed by atoms with Gasteiger partial charge in [-0.05, 0) is 41.1 Å². The van der Waals surface area contributed by atoms with Crippen LogP contribution in [0.15, 0.2) is 23.3 Å². The van der Waals surface area contributed by atoms with Gasteiger partial charge in [0.25, 0.3) is 0 Å². The molecule has 39 heavy (non-hydrogen) atoms. The van der Waals surface area contributed by atoms with Crippen molar-refractivity contribution in [3.63, 3.8) is 0 Å². The van der Waals surface area contributed by atoms with Crippen molar-refractivity contribution in [3.05, 3.63) is 39.8 Å². The number of fused-ring (bicyclic) bond motifs is 1. The summed E-state index contributed by atoms with van der Waals surface area (Å²) >= 11 is 0. The molecule has 2 amide bonds. The zero-order valence-electron chi connectivity index (χ0n) is 23.2. The van der Waals surface area contributed by atoms with E-state index in [0.29, 0.717) is 18.6 Å². The molecule has 212 valence electrons. The maximum absolute atomic E-state index is 14.3. The first-order chi connectivity index (χ1) is 18.5. The molecule has 0 aromatic heterocycles. The van der Waals surface area contributed by atoms with Crippen LogP contribution in [0, 0.1) is 5.41 Å². The third kappa shape index (κ3) is 6.36. The van der Waals surface area contributed by atoms with Gasteiger partial charge in [-0.3, -0.25) is 19.3 Å². The predicted octanol–water partition coefficient (Wildman–Crippen LogP) is 1.93. The van der Waals surface area contributed by atoms with E-state index in [1.807, 2.05) is 32.9 Å². The zero-order chi connectivity index (χ0) is 28.3. The molecule has 2 N–H and O–H groups in total. The fraction of sp³-hybridized carbons (Fsp3) is 0.667. The van der Waals surface area contributed by atoms with Crippen LogP contribution in [0.4, 0.5) is 5.69 Å². The largest absolute Gasteiger partial charge is 0.383 e.